The van der Waals surface area contributed by atoms with Gasteiger partial charge < -0.3 is 39.1 Å². The summed E-state index contributed by atoms with van der Waals surface area (Å²) in [4.78, 5) is 41.6. The molecule has 0 amide bonds. The molecule has 2 saturated carbocycles. The molecule has 1 aromatic carbocycles. The van der Waals surface area contributed by atoms with Crippen molar-refractivity contribution in [3.05, 3.63) is 71.2 Å². The molecule has 2 aromatic rings. The summed E-state index contributed by atoms with van der Waals surface area (Å²) in [5, 5.41) is 47.9. The Morgan fingerprint density at radius 1 is 1.02 bits per heavy atom. The summed E-state index contributed by atoms with van der Waals surface area (Å²) in [7, 11) is 0. The van der Waals surface area contributed by atoms with Gasteiger partial charge in [-0.3, -0.25) is 4.79 Å². The fourth-order valence-corrected chi connectivity index (χ4v) is 8.52. The molecule has 0 spiro atoms. The molecule has 6 rings (SSSR count). The Hall–Kier alpha value is -0.467. The van der Waals surface area contributed by atoms with E-state index in [2.05, 4.69) is 0 Å². The molecule has 2 bridgehead atoms. The summed E-state index contributed by atoms with van der Waals surface area (Å²) in [5.74, 6) is -3.96. The van der Waals surface area contributed by atoms with Crippen molar-refractivity contribution in [2.24, 2.45) is 16.7 Å². The Morgan fingerprint density at radius 3 is 2.27 bits per heavy atom. The average Bonchev–Trinajstić information content (AvgIpc) is 3.56. The Morgan fingerprint density at radius 2 is 1.69 bits per heavy atom. The van der Waals surface area contributed by atoms with Crippen LogP contribution < -0.4 is 0 Å². The Labute approximate surface area is 351 Å². The second-order valence-electron chi connectivity index (χ2n) is 14.2. The fraction of sp³-hybridized carbons (Fsp3) is 0.571. The number of esters is 2. The number of rotatable bonds is 6. The number of furan rings is 1. The third-order valence-electron chi connectivity index (χ3n) is 11.5. The van der Waals surface area contributed by atoms with Crippen LogP contribution in [-0.2, 0) is 23.8 Å². The maximum Gasteiger partial charge on any atom is 0.338 e. The Kier molecular flexibility index (Phi) is 12.2. The zero-order valence-electron chi connectivity index (χ0n) is 27.8. The third kappa shape index (κ3) is 6.22. The summed E-state index contributed by atoms with van der Waals surface area (Å²) in [6.07, 6.45) is -5.13. The first-order valence-corrected chi connectivity index (χ1v) is 15.8. The predicted molar refractivity (Wildman–Crippen MR) is 161 cm³/mol. The van der Waals surface area contributed by atoms with Crippen LogP contribution in [0.5, 0.6) is 0 Å². The van der Waals surface area contributed by atoms with Gasteiger partial charge in [0.25, 0.3) is 0 Å². The summed E-state index contributed by atoms with van der Waals surface area (Å²) < 4.78 is 23.1. The molecule has 2 heterocycles. The van der Waals surface area contributed by atoms with Gasteiger partial charge >= 0.3 is 11.9 Å². The van der Waals surface area contributed by atoms with Crippen molar-refractivity contribution < 1.29 is 142 Å². The van der Waals surface area contributed by atoms with Gasteiger partial charge in [0.15, 0.2) is 11.9 Å². The monoisotopic (exact) mass is 1090 g/mol. The zero-order valence-corrected chi connectivity index (χ0v) is 37.3. The van der Waals surface area contributed by atoms with Crippen LogP contribution >= 0.6 is 0 Å². The van der Waals surface area contributed by atoms with Crippen molar-refractivity contribution in [3.8, 4) is 0 Å². The van der Waals surface area contributed by atoms with E-state index in [0.717, 1.165) is 0 Å². The van der Waals surface area contributed by atoms with E-state index in [9.17, 15) is 34.8 Å². The standard InChI is InChI=1S/C35H42O11.2Ac/c1-18-22(45-31(40)25(36)19(2)21-12-9-15-43-21)16-35(42)29(46-30(39)20-10-7-6-8-11-20)27-33(5,14-13-23-34(27,41)17-44-23)28(38)26(37)24(18)32(35,3)4;;/h6-12,15,19,22-23,25-27,29,36-37,41-42H,13-14,16-17H2,1-5H3;;/t19?,22?,23?,25?,26?,27?,29?,33-,34+,35?;;/m1../s1. The first-order chi connectivity index (χ1) is 21.6. The number of carbonyl (C=O) groups excluding carboxylic acids is 3. The van der Waals surface area contributed by atoms with E-state index >= 15 is 0 Å². The number of aliphatic hydroxyl groups excluding tert-OH is 2. The molecule has 11 nitrogen and oxygen atoms in total. The van der Waals surface area contributed by atoms with Crippen molar-refractivity contribution >= 4 is 17.7 Å². The van der Waals surface area contributed by atoms with Crippen molar-refractivity contribution in [1.82, 2.24) is 0 Å². The van der Waals surface area contributed by atoms with Gasteiger partial charge in [-0.2, -0.15) is 0 Å². The van der Waals surface area contributed by atoms with Gasteiger partial charge in [0.1, 0.15) is 35.3 Å². The Bertz CT molecular complexity index is 1560. The van der Waals surface area contributed by atoms with Crippen LogP contribution in [0.15, 0.2) is 64.3 Å². The SMILES string of the molecule is CC1=C2C(O)C(=O)[C@]3(C)CCC4OC[C@@]4(O)C3C(OC(=O)c3ccccc3)C(O)(CC1OC(=O)C(O)C(C)c1ccco1)C2(C)C.[Ac].[Ac]. The number of ether oxygens (including phenoxy) is 3. The summed E-state index contributed by atoms with van der Waals surface area (Å²) in [5.41, 5.74) is -5.92. The molecule has 1 aromatic heterocycles. The molecule has 4 aliphatic rings. The molecule has 254 valence electrons. The minimum atomic E-state index is -2.09. The van der Waals surface area contributed by atoms with Crippen molar-refractivity contribution in [2.75, 3.05) is 6.61 Å². The van der Waals surface area contributed by atoms with Gasteiger partial charge in [0, 0.05) is 111 Å². The van der Waals surface area contributed by atoms with E-state index < -0.39 is 82.1 Å². The van der Waals surface area contributed by atoms with Crippen molar-refractivity contribution in [2.45, 2.75) is 102 Å². The second kappa shape index (κ2) is 14.5. The number of hydrogen-bond donors (Lipinski definition) is 4. The minimum Gasteiger partial charge on any atom is -0.469 e. The molecule has 8 unspecified atom stereocenters. The van der Waals surface area contributed by atoms with Gasteiger partial charge in [0.2, 0.25) is 0 Å². The molecule has 4 N–H and O–H groups in total. The largest absolute Gasteiger partial charge is 0.469 e. The number of ketones is 1. The number of carbonyl (C=O) groups is 3. The molecule has 3 aliphatic carbocycles. The van der Waals surface area contributed by atoms with Crippen LogP contribution in [0.1, 0.15) is 75.9 Å². The summed E-state index contributed by atoms with van der Waals surface area (Å²) in [6, 6.07) is 11.4. The molecule has 2 radical (unpaired) electrons. The molecule has 1 saturated heterocycles. The summed E-state index contributed by atoms with van der Waals surface area (Å²) >= 11 is 0. The van der Waals surface area contributed by atoms with E-state index in [1.54, 1.807) is 77.1 Å². The van der Waals surface area contributed by atoms with Crippen LogP contribution in [0.2, 0.25) is 0 Å². The smallest absolute Gasteiger partial charge is 0.338 e. The van der Waals surface area contributed by atoms with Crippen LogP contribution in [0.3, 0.4) is 0 Å². The van der Waals surface area contributed by atoms with Crippen molar-refractivity contribution in [3.63, 3.8) is 0 Å². The normalized spacial score (nSPS) is 36.3. The van der Waals surface area contributed by atoms with E-state index in [1.165, 1.54) is 6.26 Å². The third-order valence-corrected chi connectivity index (χ3v) is 11.5. The van der Waals surface area contributed by atoms with Gasteiger partial charge in [-0.1, -0.05) is 45.9 Å². The second-order valence-corrected chi connectivity index (χ2v) is 14.2. The summed E-state index contributed by atoms with van der Waals surface area (Å²) in [6.45, 7) is 7.97. The van der Waals surface area contributed by atoms with Crippen LogP contribution in [0, 0.1) is 105 Å². The van der Waals surface area contributed by atoms with Crippen LogP contribution in [-0.4, -0.2) is 86.5 Å². The van der Waals surface area contributed by atoms with Gasteiger partial charge in [0.05, 0.1) is 30.5 Å². The topological polar surface area (TPSA) is 173 Å². The molecule has 10 atom stereocenters. The molecule has 1 aliphatic heterocycles. The number of fused-ring (bicyclic) bond motifs is 5. The van der Waals surface area contributed by atoms with Gasteiger partial charge in [-0.05, 0) is 55.2 Å². The zero-order chi connectivity index (χ0) is 33.4. The molecule has 3 fully saturated rings. The molecular weight excluding hydrogens is 1050 g/mol. The predicted octanol–water partition coefficient (Wildman–Crippen LogP) is 2.85. The van der Waals surface area contributed by atoms with Crippen LogP contribution in [0.4, 0.5) is 0 Å². The molecule has 48 heavy (non-hydrogen) atoms. The number of benzene rings is 1. The number of hydrogen-bond acceptors (Lipinski definition) is 11. The maximum absolute atomic E-state index is 14.5. The van der Waals surface area contributed by atoms with Crippen LogP contribution in [0.25, 0.3) is 0 Å². The molecule has 13 heteroatoms. The fourth-order valence-electron chi connectivity index (χ4n) is 8.52. The number of Topliss-reactive ketones (excluding diaryl/α,β-unsaturated/α-hetero) is 1. The Balaban J connectivity index is 0.00000260. The minimum absolute atomic E-state index is 0. The van der Waals surface area contributed by atoms with E-state index in [1.807, 2.05) is 0 Å². The van der Waals surface area contributed by atoms with E-state index in [4.69, 9.17) is 18.6 Å². The van der Waals surface area contributed by atoms with E-state index in [0.29, 0.717) is 17.8 Å². The maximum atomic E-state index is 14.5. The molecular formula is C35H42Ac2O11. The first kappa shape index (κ1) is 40.3. The van der Waals surface area contributed by atoms with Gasteiger partial charge in [-0.15, -0.1) is 0 Å². The van der Waals surface area contributed by atoms with Gasteiger partial charge in [-0.25, -0.2) is 9.59 Å². The quantitative estimate of drug-likeness (QED) is 0.248. The van der Waals surface area contributed by atoms with Crippen molar-refractivity contribution in [1.29, 1.82) is 0 Å². The average molecular weight is 1090 g/mol. The first-order valence-electron chi connectivity index (χ1n) is 15.8. The number of aliphatic hydroxyl groups is 4. The van der Waals surface area contributed by atoms with E-state index in [-0.39, 0.29) is 119 Å².